The third kappa shape index (κ3) is 1.31. The highest BCUT2D eigenvalue weighted by atomic mass is 31.2. The monoisotopic (exact) mass is 246 g/mol. The molecule has 0 aliphatic heterocycles. The van der Waals surface area contributed by atoms with Crippen LogP contribution in [0.3, 0.4) is 0 Å². The predicted octanol–water partition coefficient (Wildman–Crippen LogP) is 3.69. The molecule has 0 aromatic carbocycles. The first-order valence-electron chi connectivity index (χ1n) is 6.03. The SMILES string of the molecule is COP(=O)(OC)C1CC2CCC1(C)C2(C)C. The Morgan fingerprint density at radius 2 is 1.75 bits per heavy atom. The Balaban J connectivity index is 2.38. The molecule has 0 aromatic heterocycles. The van der Waals surface area contributed by atoms with Crippen LogP contribution in [-0.2, 0) is 13.6 Å². The van der Waals surface area contributed by atoms with E-state index in [2.05, 4.69) is 20.8 Å². The van der Waals surface area contributed by atoms with E-state index in [1.165, 1.54) is 20.6 Å². The molecular formula is C12H23O3P. The van der Waals surface area contributed by atoms with Crippen molar-refractivity contribution in [2.75, 3.05) is 14.2 Å². The lowest BCUT2D eigenvalue weighted by Crippen LogP contribution is -2.36. The molecule has 0 radical (unpaired) electrons. The van der Waals surface area contributed by atoms with E-state index in [0.29, 0.717) is 5.92 Å². The molecule has 3 unspecified atom stereocenters. The van der Waals surface area contributed by atoms with E-state index < -0.39 is 7.60 Å². The van der Waals surface area contributed by atoms with Crippen molar-refractivity contribution in [1.82, 2.24) is 0 Å². The van der Waals surface area contributed by atoms with Crippen LogP contribution < -0.4 is 0 Å². The van der Waals surface area contributed by atoms with Gasteiger partial charge in [0.25, 0.3) is 0 Å². The second kappa shape index (κ2) is 3.57. The Morgan fingerprint density at radius 3 is 2.06 bits per heavy atom. The summed E-state index contributed by atoms with van der Waals surface area (Å²) in [7, 11) is 0.0968. The van der Waals surface area contributed by atoms with Crippen molar-refractivity contribution in [3.05, 3.63) is 0 Å². The number of fused-ring (bicyclic) bond motifs is 2. The van der Waals surface area contributed by atoms with Crippen LogP contribution in [0.4, 0.5) is 0 Å². The lowest BCUT2D eigenvalue weighted by atomic mass is 9.71. The van der Waals surface area contributed by atoms with Gasteiger partial charge >= 0.3 is 7.60 Å². The van der Waals surface area contributed by atoms with E-state index in [-0.39, 0.29) is 16.5 Å². The highest BCUT2D eigenvalue weighted by Gasteiger charge is 2.66. The lowest BCUT2D eigenvalue weighted by molar-refractivity contribution is 0.139. The van der Waals surface area contributed by atoms with Gasteiger partial charge in [0.05, 0.1) is 5.66 Å². The van der Waals surface area contributed by atoms with Gasteiger partial charge in [-0.3, -0.25) is 4.57 Å². The molecule has 2 saturated carbocycles. The molecule has 0 spiro atoms. The highest BCUT2D eigenvalue weighted by Crippen LogP contribution is 2.75. The summed E-state index contributed by atoms with van der Waals surface area (Å²) in [6.07, 6.45) is 3.39. The van der Waals surface area contributed by atoms with Gasteiger partial charge in [-0.25, -0.2) is 0 Å². The van der Waals surface area contributed by atoms with E-state index in [1.54, 1.807) is 0 Å². The third-order valence-electron chi connectivity index (χ3n) is 5.64. The van der Waals surface area contributed by atoms with E-state index in [1.807, 2.05) is 0 Å². The van der Waals surface area contributed by atoms with Gasteiger partial charge in [-0.05, 0) is 36.0 Å². The fraction of sp³-hybridized carbons (Fsp3) is 1.00. The zero-order valence-electron chi connectivity index (χ0n) is 10.9. The summed E-state index contributed by atoms with van der Waals surface area (Å²) < 4.78 is 23.0. The summed E-state index contributed by atoms with van der Waals surface area (Å²) in [6, 6.07) is 0. The maximum absolute atomic E-state index is 12.6. The first-order valence-corrected chi connectivity index (χ1v) is 7.64. The van der Waals surface area contributed by atoms with E-state index in [4.69, 9.17) is 9.05 Å². The van der Waals surface area contributed by atoms with Crippen molar-refractivity contribution in [2.24, 2.45) is 16.7 Å². The molecule has 0 N–H and O–H groups in total. The fourth-order valence-electron chi connectivity index (χ4n) is 3.97. The zero-order valence-corrected chi connectivity index (χ0v) is 11.8. The maximum Gasteiger partial charge on any atom is 0.333 e. The molecule has 3 atom stereocenters. The molecule has 0 heterocycles. The van der Waals surface area contributed by atoms with Crippen molar-refractivity contribution in [3.63, 3.8) is 0 Å². The van der Waals surface area contributed by atoms with Crippen molar-refractivity contribution < 1.29 is 13.6 Å². The van der Waals surface area contributed by atoms with Crippen molar-refractivity contribution in [2.45, 2.75) is 45.7 Å². The van der Waals surface area contributed by atoms with Crippen molar-refractivity contribution >= 4 is 7.60 Å². The minimum atomic E-state index is -2.92. The number of hydrogen-bond acceptors (Lipinski definition) is 3. The van der Waals surface area contributed by atoms with Gasteiger partial charge in [-0.15, -0.1) is 0 Å². The molecule has 2 fully saturated rings. The molecular weight excluding hydrogens is 223 g/mol. The Hall–Kier alpha value is 0.150. The van der Waals surface area contributed by atoms with Gasteiger partial charge in [-0.2, -0.15) is 0 Å². The molecule has 4 heteroatoms. The topological polar surface area (TPSA) is 35.5 Å². The molecule has 2 rings (SSSR count). The minimum absolute atomic E-state index is 0.0729. The van der Waals surface area contributed by atoms with Crippen molar-refractivity contribution in [1.29, 1.82) is 0 Å². The van der Waals surface area contributed by atoms with Crippen LogP contribution in [0.1, 0.15) is 40.0 Å². The minimum Gasteiger partial charge on any atom is -0.312 e. The quantitative estimate of drug-likeness (QED) is 0.712. The van der Waals surface area contributed by atoms with Crippen LogP contribution in [0.5, 0.6) is 0 Å². The van der Waals surface area contributed by atoms with Crippen molar-refractivity contribution in [3.8, 4) is 0 Å². The molecule has 2 aliphatic carbocycles. The van der Waals surface area contributed by atoms with Crippen LogP contribution in [-0.4, -0.2) is 19.9 Å². The first kappa shape index (κ1) is 12.6. The van der Waals surface area contributed by atoms with Gasteiger partial charge in [0.2, 0.25) is 0 Å². The Labute approximate surface area is 98.4 Å². The largest absolute Gasteiger partial charge is 0.333 e. The summed E-state index contributed by atoms with van der Waals surface area (Å²) in [5.41, 5.74) is 0.424. The summed E-state index contributed by atoms with van der Waals surface area (Å²) in [5.74, 6) is 0.668. The Morgan fingerprint density at radius 1 is 1.19 bits per heavy atom. The molecule has 2 bridgehead atoms. The van der Waals surface area contributed by atoms with E-state index >= 15 is 0 Å². The lowest BCUT2D eigenvalue weighted by Gasteiger charge is -2.40. The van der Waals surface area contributed by atoms with Crippen LogP contribution >= 0.6 is 7.60 Å². The van der Waals surface area contributed by atoms with Gasteiger partial charge in [0.1, 0.15) is 0 Å². The standard InChI is InChI=1S/C12H23O3P/c1-11(2)9-6-7-12(11,3)10(8-9)16(13,14-4)15-5/h9-10H,6-8H2,1-5H3. The van der Waals surface area contributed by atoms with Crippen LogP contribution in [0, 0.1) is 16.7 Å². The second-order valence-corrected chi connectivity index (χ2v) is 8.46. The van der Waals surface area contributed by atoms with Gasteiger partial charge in [0.15, 0.2) is 0 Å². The molecule has 3 nitrogen and oxygen atoms in total. The van der Waals surface area contributed by atoms with Gasteiger partial charge < -0.3 is 9.05 Å². The maximum atomic E-state index is 12.6. The Kier molecular flexibility index (Phi) is 2.81. The summed E-state index contributed by atoms with van der Waals surface area (Å²) >= 11 is 0. The summed E-state index contributed by atoms with van der Waals surface area (Å²) in [5, 5.41) is 0. The van der Waals surface area contributed by atoms with Gasteiger partial charge in [0, 0.05) is 14.2 Å². The first-order chi connectivity index (χ1) is 7.32. The normalized spacial score (nSPS) is 41.6. The molecule has 2 aliphatic rings. The zero-order chi connectivity index (χ0) is 12.2. The third-order valence-corrected chi connectivity index (χ3v) is 8.20. The molecule has 94 valence electrons. The molecule has 16 heavy (non-hydrogen) atoms. The fourth-order valence-corrected chi connectivity index (χ4v) is 6.30. The van der Waals surface area contributed by atoms with Crippen LogP contribution in [0.2, 0.25) is 0 Å². The summed E-state index contributed by atoms with van der Waals surface area (Å²) in [6.45, 7) is 6.87. The summed E-state index contributed by atoms with van der Waals surface area (Å²) in [4.78, 5) is 0. The van der Waals surface area contributed by atoms with Crippen LogP contribution in [0.15, 0.2) is 0 Å². The van der Waals surface area contributed by atoms with E-state index in [0.717, 1.165) is 12.8 Å². The average Bonchev–Trinajstić information content (AvgIpc) is 2.60. The second-order valence-electron chi connectivity index (χ2n) is 6.03. The molecule has 0 saturated heterocycles. The molecule has 0 amide bonds. The molecule has 0 aromatic rings. The predicted molar refractivity (Wildman–Crippen MR) is 64.6 cm³/mol. The highest BCUT2D eigenvalue weighted by molar-refractivity contribution is 7.54. The van der Waals surface area contributed by atoms with Gasteiger partial charge in [-0.1, -0.05) is 20.8 Å². The average molecular weight is 246 g/mol. The number of hydrogen-bond donors (Lipinski definition) is 0. The Bertz CT molecular complexity index is 331. The smallest absolute Gasteiger partial charge is 0.312 e. The van der Waals surface area contributed by atoms with Crippen LogP contribution in [0.25, 0.3) is 0 Å². The number of rotatable bonds is 3. The van der Waals surface area contributed by atoms with E-state index in [9.17, 15) is 4.57 Å².